The first-order valence-corrected chi connectivity index (χ1v) is 7.94. The third kappa shape index (κ3) is 6.83. The average molecular weight is 246 g/mol. The van der Waals surface area contributed by atoms with E-state index in [1.54, 1.807) is 0 Å². The van der Waals surface area contributed by atoms with E-state index in [1.807, 2.05) is 0 Å². The Morgan fingerprint density at radius 1 is 0.556 bits per heavy atom. The van der Waals surface area contributed by atoms with Gasteiger partial charge in [0.25, 0.3) is 0 Å². The fourth-order valence-corrected chi connectivity index (χ4v) is 2.45. The summed E-state index contributed by atoms with van der Waals surface area (Å²) in [6.45, 7) is 4.52. The van der Waals surface area contributed by atoms with E-state index in [0.717, 1.165) is 0 Å². The highest BCUT2D eigenvalue weighted by Gasteiger charge is 1.95. The third-order valence-electron chi connectivity index (χ3n) is 3.63. The van der Waals surface area contributed by atoms with Gasteiger partial charge in [0.1, 0.15) is 0 Å². The first-order valence-electron chi connectivity index (χ1n) is 7.94. The Labute approximate surface area is 114 Å². The molecular formula is C18H30. The van der Waals surface area contributed by atoms with E-state index in [1.165, 1.54) is 75.3 Å². The van der Waals surface area contributed by atoms with Crippen LogP contribution in [0, 0.1) is 0 Å². The molecule has 1 aromatic carbocycles. The van der Waals surface area contributed by atoms with Gasteiger partial charge in [-0.15, -0.1) is 0 Å². The van der Waals surface area contributed by atoms with Crippen LogP contribution in [0.25, 0.3) is 0 Å². The van der Waals surface area contributed by atoms with Gasteiger partial charge in [-0.2, -0.15) is 0 Å². The van der Waals surface area contributed by atoms with Gasteiger partial charge in [-0.05, 0) is 30.4 Å². The van der Waals surface area contributed by atoms with E-state index in [0.29, 0.717) is 0 Å². The number of rotatable bonds is 10. The SMILES string of the molecule is CCCCCCCCCc1ccc(CCC)cc1. The summed E-state index contributed by atoms with van der Waals surface area (Å²) in [4.78, 5) is 0. The lowest BCUT2D eigenvalue weighted by Crippen LogP contribution is -1.88. The number of hydrogen-bond donors (Lipinski definition) is 0. The van der Waals surface area contributed by atoms with E-state index in [-0.39, 0.29) is 0 Å². The van der Waals surface area contributed by atoms with E-state index in [4.69, 9.17) is 0 Å². The van der Waals surface area contributed by atoms with Crippen molar-refractivity contribution in [1.82, 2.24) is 0 Å². The predicted molar refractivity (Wildman–Crippen MR) is 82.1 cm³/mol. The molecule has 0 spiro atoms. The molecule has 1 rings (SSSR count). The Bertz CT molecular complexity index is 283. The molecule has 0 amide bonds. The summed E-state index contributed by atoms with van der Waals surface area (Å²) >= 11 is 0. The maximum absolute atomic E-state index is 2.32. The molecule has 0 saturated heterocycles. The van der Waals surface area contributed by atoms with Gasteiger partial charge in [0, 0.05) is 0 Å². The van der Waals surface area contributed by atoms with Crippen LogP contribution in [0.4, 0.5) is 0 Å². The molecule has 0 atom stereocenters. The molecule has 1 aromatic rings. The maximum atomic E-state index is 2.32. The van der Waals surface area contributed by atoms with E-state index < -0.39 is 0 Å². The standard InChI is InChI=1S/C18H30/c1-3-5-6-7-8-9-10-12-18-15-13-17(11-4-2)14-16-18/h13-16H,3-12H2,1-2H3. The molecule has 0 nitrogen and oxygen atoms in total. The zero-order valence-corrected chi connectivity index (χ0v) is 12.4. The molecule has 0 aromatic heterocycles. The average Bonchev–Trinajstić information content (AvgIpc) is 2.40. The van der Waals surface area contributed by atoms with Gasteiger partial charge in [-0.1, -0.05) is 83.1 Å². The zero-order chi connectivity index (χ0) is 13.1. The zero-order valence-electron chi connectivity index (χ0n) is 12.4. The minimum absolute atomic E-state index is 1.22. The van der Waals surface area contributed by atoms with Crippen molar-refractivity contribution in [2.24, 2.45) is 0 Å². The van der Waals surface area contributed by atoms with Gasteiger partial charge < -0.3 is 0 Å². The molecule has 0 radical (unpaired) electrons. The Hall–Kier alpha value is -0.780. The van der Waals surface area contributed by atoms with Crippen LogP contribution in [-0.4, -0.2) is 0 Å². The lowest BCUT2D eigenvalue weighted by atomic mass is 10.0. The Kier molecular flexibility index (Phi) is 8.63. The summed E-state index contributed by atoms with van der Waals surface area (Å²) in [5, 5.41) is 0. The predicted octanol–water partition coefficient (Wildman–Crippen LogP) is 5.93. The second-order valence-corrected chi connectivity index (χ2v) is 5.44. The van der Waals surface area contributed by atoms with Crippen molar-refractivity contribution in [3.63, 3.8) is 0 Å². The van der Waals surface area contributed by atoms with Gasteiger partial charge in [0.05, 0.1) is 0 Å². The van der Waals surface area contributed by atoms with Gasteiger partial charge in [-0.3, -0.25) is 0 Å². The number of hydrogen-bond acceptors (Lipinski definition) is 0. The maximum Gasteiger partial charge on any atom is -0.0279 e. The largest absolute Gasteiger partial charge is 0.0654 e. The summed E-state index contributed by atoms with van der Waals surface area (Å²) in [5.74, 6) is 0. The fourth-order valence-electron chi connectivity index (χ4n) is 2.45. The summed E-state index contributed by atoms with van der Waals surface area (Å²) < 4.78 is 0. The van der Waals surface area contributed by atoms with Crippen molar-refractivity contribution in [3.05, 3.63) is 35.4 Å². The van der Waals surface area contributed by atoms with Crippen LogP contribution in [0.2, 0.25) is 0 Å². The van der Waals surface area contributed by atoms with E-state index >= 15 is 0 Å². The topological polar surface area (TPSA) is 0 Å². The van der Waals surface area contributed by atoms with Crippen molar-refractivity contribution < 1.29 is 0 Å². The molecule has 0 bridgehead atoms. The van der Waals surface area contributed by atoms with Gasteiger partial charge >= 0.3 is 0 Å². The molecule has 0 N–H and O–H groups in total. The van der Waals surface area contributed by atoms with Crippen molar-refractivity contribution >= 4 is 0 Å². The summed E-state index contributed by atoms with van der Waals surface area (Å²) in [6, 6.07) is 9.25. The van der Waals surface area contributed by atoms with Crippen molar-refractivity contribution in [3.8, 4) is 0 Å². The highest BCUT2D eigenvalue weighted by atomic mass is 14.0. The minimum Gasteiger partial charge on any atom is -0.0654 e. The summed E-state index contributed by atoms with van der Waals surface area (Å²) in [6.07, 6.45) is 13.6. The van der Waals surface area contributed by atoms with Crippen LogP contribution in [0.1, 0.15) is 76.3 Å². The molecule has 0 saturated carbocycles. The van der Waals surface area contributed by atoms with Gasteiger partial charge in [0.15, 0.2) is 0 Å². The lowest BCUT2D eigenvalue weighted by molar-refractivity contribution is 0.589. The summed E-state index contributed by atoms with van der Waals surface area (Å²) in [5.41, 5.74) is 3.00. The van der Waals surface area contributed by atoms with Crippen LogP contribution >= 0.6 is 0 Å². The normalized spacial score (nSPS) is 10.8. The van der Waals surface area contributed by atoms with E-state index in [9.17, 15) is 0 Å². The molecule has 0 unspecified atom stereocenters. The fraction of sp³-hybridized carbons (Fsp3) is 0.667. The van der Waals surface area contributed by atoms with Crippen molar-refractivity contribution in [1.29, 1.82) is 0 Å². The van der Waals surface area contributed by atoms with Crippen molar-refractivity contribution in [2.75, 3.05) is 0 Å². The molecular weight excluding hydrogens is 216 g/mol. The third-order valence-corrected chi connectivity index (χ3v) is 3.63. The molecule has 0 aliphatic heterocycles. The van der Waals surface area contributed by atoms with Crippen LogP contribution in [0.15, 0.2) is 24.3 Å². The number of aryl methyl sites for hydroxylation is 2. The van der Waals surface area contributed by atoms with Gasteiger partial charge in [0.2, 0.25) is 0 Å². The molecule has 0 aliphatic rings. The van der Waals surface area contributed by atoms with Gasteiger partial charge in [-0.25, -0.2) is 0 Å². The lowest BCUT2D eigenvalue weighted by Gasteiger charge is -2.04. The molecule has 0 fully saturated rings. The molecule has 18 heavy (non-hydrogen) atoms. The second-order valence-electron chi connectivity index (χ2n) is 5.44. The highest BCUT2D eigenvalue weighted by molar-refractivity contribution is 5.22. The first-order chi connectivity index (χ1) is 8.86. The van der Waals surface area contributed by atoms with Crippen molar-refractivity contribution in [2.45, 2.75) is 78.1 Å². The monoisotopic (exact) mass is 246 g/mol. The minimum atomic E-state index is 1.22. The molecule has 102 valence electrons. The molecule has 0 heterocycles. The van der Waals surface area contributed by atoms with E-state index in [2.05, 4.69) is 38.1 Å². The first kappa shape index (κ1) is 15.3. The molecule has 0 heteroatoms. The van der Waals surface area contributed by atoms with Crippen LogP contribution in [0.3, 0.4) is 0 Å². The Balaban J connectivity index is 2.08. The van der Waals surface area contributed by atoms with Crippen LogP contribution in [-0.2, 0) is 12.8 Å². The Morgan fingerprint density at radius 2 is 1.06 bits per heavy atom. The highest BCUT2D eigenvalue weighted by Crippen LogP contribution is 2.12. The second kappa shape index (κ2) is 10.2. The van der Waals surface area contributed by atoms with Crippen LogP contribution in [0.5, 0.6) is 0 Å². The quantitative estimate of drug-likeness (QED) is 0.449. The molecule has 0 aliphatic carbocycles. The smallest absolute Gasteiger partial charge is 0.0279 e. The van der Waals surface area contributed by atoms with Crippen LogP contribution < -0.4 is 0 Å². The Morgan fingerprint density at radius 3 is 1.61 bits per heavy atom. The summed E-state index contributed by atoms with van der Waals surface area (Å²) in [7, 11) is 0. The number of benzene rings is 1. The number of unbranched alkanes of at least 4 members (excludes halogenated alkanes) is 6.